The molecular formula is C11H15Cl2N. The van der Waals surface area contributed by atoms with Crippen molar-refractivity contribution < 1.29 is 0 Å². The molecular weight excluding hydrogens is 217 g/mol. The van der Waals surface area contributed by atoms with Gasteiger partial charge in [-0.05, 0) is 29.7 Å². The number of benzene rings is 1. The van der Waals surface area contributed by atoms with Crippen LogP contribution in [0.25, 0.3) is 0 Å². The molecule has 1 aromatic rings. The highest BCUT2D eigenvalue weighted by molar-refractivity contribution is 6.33. The van der Waals surface area contributed by atoms with Gasteiger partial charge in [0, 0.05) is 16.1 Å². The van der Waals surface area contributed by atoms with Gasteiger partial charge in [0.25, 0.3) is 0 Å². The van der Waals surface area contributed by atoms with Crippen LogP contribution in [0.2, 0.25) is 10.0 Å². The fourth-order valence-electron chi connectivity index (χ4n) is 1.33. The van der Waals surface area contributed by atoms with Gasteiger partial charge in [-0.15, -0.1) is 0 Å². The standard InChI is InChI=1S/C11H15Cl2N/c1-3-7(2)11(14)9-6-8(12)4-5-10(9)13/h4-7,11H,3,14H2,1-2H3/t7?,11-/m0/s1. The molecule has 0 amide bonds. The van der Waals surface area contributed by atoms with Gasteiger partial charge in [-0.2, -0.15) is 0 Å². The van der Waals surface area contributed by atoms with Crippen LogP contribution in [0.4, 0.5) is 0 Å². The third kappa shape index (κ3) is 2.63. The van der Waals surface area contributed by atoms with Crippen molar-refractivity contribution in [1.29, 1.82) is 0 Å². The minimum Gasteiger partial charge on any atom is -0.324 e. The van der Waals surface area contributed by atoms with Gasteiger partial charge in [-0.25, -0.2) is 0 Å². The Balaban J connectivity index is 2.99. The average Bonchev–Trinajstić information content (AvgIpc) is 2.19. The van der Waals surface area contributed by atoms with Gasteiger partial charge in [-0.3, -0.25) is 0 Å². The van der Waals surface area contributed by atoms with Crippen LogP contribution in [0.15, 0.2) is 18.2 Å². The van der Waals surface area contributed by atoms with Crippen molar-refractivity contribution in [2.24, 2.45) is 11.7 Å². The summed E-state index contributed by atoms with van der Waals surface area (Å²) in [4.78, 5) is 0. The summed E-state index contributed by atoms with van der Waals surface area (Å²) in [6.45, 7) is 4.23. The summed E-state index contributed by atoms with van der Waals surface area (Å²) in [7, 11) is 0. The molecule has 0 radical (unpaired) electrons. The molecule has 14 heavy (non-hydrogen) atoms. The largest absolute Gasteiger partial charge is 0.324 e. The van der Waals surface area contributed by atoms with E-state index in [4.69, 9.17) is 28.9 Å². The average molecular weight is 232 g/mol. The van der Waals surface area contributed by atoms with Crippen molar-refractivity contribution in [2.75, 3.05) is 0 Å². The summed E-state index contributed by atoms with van der Waals surface area (Å²) >= 11 is 11.9. The molecule has 1 aromatic carbocycles. The minimum atomic E-state index is -0.0359. The fourth-order valence-corrected chi connectivity index (χ4v) is 1.75. The monoisotopic (exact) mass is 231 g/mol. The van der Waals surface area contributed by atoms with E-state index in [1.807, 2.05) is 6.07 Å². The van der Waals surface area contributed by atoms with Gasteiger partial charge in [0.1, 0.15) is 0 Å². The smallest absolute Gasteiger partial charge is 0.0454 e. The number of nitrogens with two attached hydrogens (primary N) is 1. The van der Waals surface area contributed by atoms with Gasteiger partial charge < -0.3 is 5.73 Å². The lowest BCUT2D eigenvalue weighted by atomic mass is 9.93. The Labute approximate surface area is 95.2 Å². The van der Waals surface area contributed by atoms with Gasteiger partial charge in [0.05, 0.1) is 0 Å². The molecule has 0 aliphatic heterocycles. The van der Waals surface area contributed by atoms with Crippen molar-refractivity contribution in [3.63, 3.8) is 0 Å². The molecule has 0 heterocycles. The first kappa shape index (κ1) is 11.8. The Morgan fingerprint density at radius 3 is 2.57 bits per heavy atom. The molecule has 1 rings (SSSR count). The van der Waals surface area contributed by atoms with Crippen molar-refractivity contribution in [3.05, 3.63) is 33.8 Å². The third-order valence-corrected chi connectivity index (χ3v) is 3.15. The van der Waals surface area contributed by atoms with E-state index in [1.165, 1.54) is 0 Å². The van der Waals surface area contributed by atoms with Crippen LogP contribution in [0.1, 0.15) is 31.9 Å². The first-order valence-corrected chi connectivity index (χ1v) is 5.52. The molecule has 1 unspecified atom stereocenters. The van der Waals surface area contributed by atoms with E-state index < -0.39 is 0 Å². The topological polar surface area (TPSA) is 26.0 Å². The maximum atomic E-state index is 6.08. The molecule has 0 saturated carbocycles. The molecule has 0 bridgehead atoms. The van der Waals surface area contributed by atoms with Crippen molar-refractivity contribution in [2.45, 2.75) is 26.3 Å². The first-order valence-electron chi connectivity index (χ1n) is 4.76. The molecule has 0 fully saturated rings. The summed E-state index contributed by atoms with van der Waals surface area (Å²) < 4.78 is 0. The summed E-state index contributed by atoms with van der Waals surface area (Å²) in [6.07, 6.45) is 1.03. The lowest BCUT2D eigenvalue weighted by Crippen LogP contribution is -2.18. The second-order valence-corrected chi connectivity index (χ2v) is 4.42. The summed E-state index contributed by atoms with van der Waals surface area (Å²) in [5.41, 5.74) is 7.01. The maximum absolute atomic E-state index is 6.08. The Morgan fingerprint density at radius 1 is 1.36 bits per heavy atom. The Bertz CT molecular complexity index is 312. The van der Waals surface area contributed by atoms with E-state index in [1.54, 1.807) is 12.1 Å². The van der Waals surface area contributed by atoms with Gasteiger partial charge >= 0.3 is 0 Å². The quantitative estimate of drug-likeness (QED) is 0.836. The van der Waals surface area contributed by atoms with Crippen LogP contribution in [0, 0.1) is 5.92 Å². The second-order valence-electron chi connectivity index (χ2n) is 3.58. The number of hydrogen-bond acceptors (Lipinski definition) is 1. The molecule has 78 valence electrons. The number of rotatable bonds is 3. The van der Waals surface area contributed by atoms with Crippen molar-refractivity contribution in [1.82, 2.24) is 0 Å². The summed E-state index contributed by atoms with van der Waals surface area (Å²) in [5.74, 6) is 0.408. The second kappa shape index (κ2) is 5.01. The van der Waals surface area contributed by atoms with Gasteiger partial charge in [0.2, 0.25) is 0 Å². The van der Waals surface area contributed by atoms with Gasteiger partial charge in [0.15, 0.2) is 0 Å². The maximum Gasteiger partial charge on any atom is 0.0454 e. The third-order valence-electron chi connectivity index (χ3n) is 2.57. The van der Waals surface area contributed by atoms with Crippen LogP contribution in [-0.4, -0.2) is 0 Å². The SMILES string of the molecule is CCC(C)[C@H](N)c1cc(Cl)ccc1Cl. The molecule has 0 aromatic heterocycles. The zero-order valence-corrected chi connectivity index (χ0v) is 9.94. The highest BCUT2D eigenvalue weighted by Gasteiger charge is 2.16. The van der Waals surface area contributed by atoms with E-state index in [9.17, 15) is 0 Å². The molecule has 1 nitrogen and oxygen atoms in total. The van der Waals surface area contributed by atoms with Crippen LogP contribution in [-0.2, 0) is 0 Å². The predicted molar refractivity (Wildman–Crippen MR) is 62.8 cm³/mol. The lowest BCUT2D eigenvalue weighted by molar-refractivity contribution is 0.457. The summed E-state index contributed by atoms with van der Waals surface area (Å²) in [5, 5.41) is 1.38. The fraction of sp³-hybridized carbons (Fsp3) is 0.455. The molecule has 0 aliphatic carbocycles. The summed E-state index contributed by atoms with van der Waals surface area (Å²) in [6, 6.07) is 5.38. The minimum absolute atomic E-state index is 0.0359. The Morgan fingerprint density at radius 2 is 2.00 bits per heavy atom. The van der Waals surface area contributed by atoms with Crippen LogP contribution in [0.5, 0.6) is 0 Å². The van der Waals surface area contributed by atoms with E-state index in [-0.39, 0.29) is 6.04 Å². The normalized spacial score (nSPS) is 15.2. The molecule has 3 heteroatoms. The number of halogens is 2. The van der Waals surface area contributed by atoms with Crippen LogP contribution >= 0.6 is 23.2 Å². The molecule has 0 aliphatic rings. The van der Waals surface area contributed by atoms with E-state index in [0.717, 1.165) is 12.0 Å². The van der Waals surface area contributed by atoms with Gasteiger partial charge in [-0.1, -0.05) is 43.5 Å². The lowest BCUT2D eigenvalue weighted by Gasteiger charge is -2.19. The first-order chi connectivity index (χ1) is 6.56. The zero-order valence-electron chi connectivity index (χ0n) is 8.43. The molecule has 0 saturated heterocycles. The van der Waals surface area contributed by atoms with Crippen molar-refractivity contribution >= 4 is 23.2 Å². The van der Waals surface area contributed by atoms with Crippen LogP contribution in [0.3, 0.4) is 0 Å². The van der Waals surface area contributed by atoms with Crippen molar-refractivity contribution in [3.8, 4) is 0 Å². The molecule has 0 spiro atoms. The predicted octanol–water partition coefficient (Wildman–Crippen LogP) is 4.04. The molecule has 2 atom stereocenters. The van der Waals surface area contributed by atoms with E-state index in [2.05, 4.69) is 13.8 Å². The number of hydrogen-bond donors (Lipinski definition) is 1. The van der Waals surface area contributed by atoms with Crippen LogP contribution < -0.4 is 5.73 Å². The highest BCUT2D eigenvalue weighted by atomic mass is 35.5. The highest BCUT2D eigenvalue weighted by Crippen LogP contribution is 2.30. The van der Waals surface area contributed by atoms with E-state index in [0.29, 0.717) is 16.0 Å². The van der Waals surface area contributed by atoms with E-state index >= 15 is 0 Å². The molecule has 2 N–H and O–H groups in total. The zero-order chi connectivity index (χ0) is 10.7. The Kier molecular flexibility index (Phi) is 4.24. The Hall–Kier alpha value is -0.240.